The summed E-state index contributed by atoms with van der Waals surface area (Å²) in [4.78, 5) is 9.99. The summed E-state index contributed by atoms with van der Waals surface area (Å²) in [6.07, 6.45) is 0. The number of nitroso groups, excluding NO2 is 1. The van der Waals surface area contributed by atoms with Crippen molar-refractivity contribution >= 4 is 5.69 Å². The fourth-order valence-corrected chi connectivity index (χ4v) is 0.648. The van der Waals surface area contributed by atoms with E-state index in [-0.39, 0.29) is 5.69 Å². The van der Waals surface area contributed by atoms with Gasteiger partial charge in [0.1, 0.15) is 11.8 Å². The van der Waals surface area contributed by atoms with Crippen LogP contribution in [-0.2, 0) is 0 Å². The molecule has 0 aliphatic rings. The van der Waals surface area contributed by atoms with Gasteiger partial charge in [-0.2, -0.15) is 5.26 Å². The number of rotatable bonds is 1. The molecular weight excluding hydrogens is 128 g/mol. The lowest BCUT2D eigenvalue weighted by Gasteiger charge is -1.88. The van der Waals surface area contributed by atoms with Crippen LogP contribution in [0.5, 0.6) is 0 Å². The zero-order valence-electron chi connectivity index (χ0n) is 5.11. The number of nitriles is 1. The summed E-state index contributed by atoms with van der Waals surface area (Å²) in [5.41, 5.74) is 0.516. The van der Waals surface area contributed by atoms with Crippen molar-refractivity contribution in [3.63, 3.8) is 0 Å². The van der Waals surface area contributed by atoms with Gasteiger partial charge in [0.25, 0.3) is 0 Å². The van der Waals surface area contributed by atoms with Crippen LogP contribution in [0, 0.1) is 16.2 Å². The first-order valence-electron chi connectivity index (χ1n) is 2.71. The highest BCUT2D eigenvalue weighted by atomic mass is 16.3. The number of hydrogen-bond acceptors (Lipinski definition) is 3. The van der Waals surface area contributed by atoms with Gasteiger partial charge in [-0.05, 0) is 17.3 Å². The molecule has 0 aromatic heterocycles. The Labute approximate surface area is 57.9 Å². The topological polar surface area (TPSA) is 53.2 Å². The molecule has 1 aromatic carbocycles. The first kappa shape index (κ1) is 6.43. The smallest absolute Gasteiger partial charge is 0.125 e. The van der Waals surface area contributed by atoms with E-state index in [1.165, 1.54) is 6.07 Å². The van der Waals surface area contributed by atoms with E-state index in [0.717, 1.165) is 0 Å². The predicted molar refractivity (Wildman–Crippen MR) is 36.6 cm³/mol. The SMILES string of the molecule is N#Cc1ccccc1N=O. The maximum atomic E-state index is 9.99. The lowest BCUT2D eigenvalue weighted by Crippen LogP contribution is -1.71. The summed E-state index contributed by atoms with van der Waals surface area (Å²) < 4.78 is 0. The minimum atomic E-state index is 0.199. The van der Waals surface area contributed by atoms with E-state index in [0.29, 0.717) is 5.56 Å². The molecule has 10 heavy (non-hydrogen) atoms. The van der Waals surface area contributed by atoms with Crippen LogP contribution in [0.25, 0.3) is 0 Å². The molecule has 0 fully saturated rings. The van der Waals surface area contributed by atoms with Gasteiger partial charge in [-0.1, -0.05) is 12.1 Å². The third kappa shape index (κ3) is 1.00. The molecule has 48 valence electrons. The van der Waals surface area contributed by atoms with Crippen LogP contribution in [0.15, 0.2) is 29.4 Å². The summed E-state index contributed by atoms with van der Waals surface area (Å²) in [5, 5.41) is 11.1. The van der Waals surface area contributed by atoms with Gasteiger partial charge >= 0.3 is 0 Å². The van der Waals surface area contributed by atoms with E-state index in [4.69, 9.17) is 5.26 Å². The Balaban J connectivity index is 3.24. The largest absolute Gasteiger partial charge is 0.192 e. The van der Waals surface area contributed by atoms with Crippen molar-refractivity contribution in [2.24, 2.45) is 5.18 Å². The molecule has 3 heteroatoms. The molecule has 0 saturated carbocycles. The average Bonchev–Trinajstić information content (AvgIpc) is 2.04. The Bertz CT molecular complexity index is 288. The number of benzene rings is 1. The molecule has 0 heterocycles. The molecule has 0 aliphatic heterocycles. The van der Waals surface area contributed by atoms with Gasteiger partial charge in [0, 0.05) is 0 Å². The van der Waals surface area contributed by atoms with Gasteiger partial charge in [0.05, 0.1) is 5.56 Å². The normalized spacial score (nSPS) is 8.30. The maximum absolute atomic E-state index is 9.99. The molecule has 0 aliphatic carbocycles. The molecule has 0 spiro atoms. The minimum Gasteiger partial charge on any atom is -0.192 e. The summed E-state index contributed by atoms with van der Waals surface area (Å²) in [7, 11) is 0. The van der Waals surface area contributed by atoms with Gasteiger partial charge in [-0.3, -0.25) is 0 Å². The highest BCUT2D eigenvalue weighted by Gasteiger charge is 1.97. The lowest BCUT2D eigenvalue weighted by atomic mass is 10.2. The van der Waals surface area contributed by atoms with E-state index in [2.05, 4.69) is 5.18 Å². The molecule has 3 nitrogen and oxygen atoms in total. The van der Waals surface area contributed by atoms with Gasteiger partial charge in [-0.25, -0.2) is 0 Å². The maximum Gasteiger partial charge on any atom is 0.125 e. The molecule has 0 N–H and O–H groups in total. The Morgan fingerprint density at radius 1 is 1.40 bits per heavy atom. The average molecular weight is 132 g/mol. The van der Waals surface area contributed by atoms with Crippen molar-refractivity contribution < 1.29 is 0 Å². The van der Waals surface area contributed by atoms with Crippen molar-refractivity contribution in [2.45, 2.75) is 0 Å². The molecule has 0 amide bonds. The van der Waals surface area contributed by atoms with Crippen molar-refractivity contribution in [1.82, 2.24) is 0 Å². The van der Waals surface area contributed by atoms with E-state index in [1.54, 1.807) is 18.2 Å². The zero-order valence-corrected chi connectivity index (χ0v) is 5.11. The molecule has 1 rings (SSSR count). The van der Waals surface area contributed by atoms with Crippen LogP contribution < -0.4 is 0 Å². The van der Waals surface area contributed by atoms with Gasteiger partial charge < -0.3 is 0 Å². The zero-order chi connectivity index (χ0) is 7.40. The molecule has 0 saturated heterocycles. The van der Waals surface area contributed by atoms with Gasteiger partial charge in [0.2, 0.25) is 0 Å². The van der Waals surface area contributed by atoms with Gasteiger partial charge in [0.15, 0.2) is 0 Å². The van der Waals surface area contributed by atoms with Gasteiger partial charge in [-0.15, -0.1) is 4.91 Å². The molecule has 0 unspecified atom stereocenters. The van der Waals surface area contributed by atoms with E-state index in [1.807, 2.05) is 6.07 Å². The third-order valence-corrected chi connectivity index (χ3v) is 1.12. The summed E-state index contributed by atoms with van der Waals surface area (Å²) in [5.74, 6) is 0. The first-order chi connectivity index (χ1) is 4.88. The van der Waals surface area contributed by atoms with Crippen molar-refractivity contribution in [1.29, 1.82) is 5.26 Å². The Kier molecular flexibility index (Phi) is 1.76. The van der Waals surface area contributed by atoms with Crippen molar-refractivity contribution in [3.05, 3.63) is 34.7 Å². The van der Waals surface area contributed by atoms with Crippen LogP contribution in [0.1, 0.15) is 5.56 Å². The predicted octanol–water partition coefficient (Wildman–Crippen LogP) is 1.96. The third-order valence-electron chi connectivity index (χ3n) is 1.12. The Hall–Kier alpha value is -1.69. The standard InChI is InChI=1S/C7H4N2O/c8-5-6-3-1-2-4-7(6)9-10/h1-4H. The number of nitrogens with zero attached hydrogens (tertiary/aromatic N) is 2. The van der Waals surface area contributed by atoms with Crippen molar-refractivity contribution in [2.75, 3.05) is 0 Å². The highest BCUT2D eigenvalue weighted by molar-refractivity contribution is 5.52. The quantitative estimate of drug-likeness (QED) is 0.548. The Morgan fingerprint density at radius 3 is 2.60 bits per heavy atom. The van der Waals surface area contributed by atoms with Crippen LogP contribution in [0.4, 0.5) is 5.69 Å². The van der Waals surface area contributed by atoms with Crippen LogP contribution in [0.2, 0.25) is 0 Å². The van der Waals surface area contributed by atoms with E-state index >= 15 is 0 Å². The van der Waals surface area contributed by atoms with E-state index in [9.17, 15) is 4.91 Å². The second-order valence-corrected chi connectivity index (χ2v) is 1.72. The molecule has 0 bridgehead atoms. The van der Waals surface area contributed by atoms with Crippen LogP contribution in [-0.4, -0.2) is 0 Å². The van der Waals surface area contributed by atoms with Crippen LogP contribution >= 0.6 is 0 Å². The lowest BCUT2D eigenvalue weighted by molar-refractivity contribution is 1.43. The Morgan fingerprint density at radius 2 is 2.10 bits per heavy atom. The summed E-state index contributed by atoms with van der Waals surface area (Å²) in [6, 6.07) is 8.26. The van der Waals surface area contributed by atoms with Crippen molar-refractivity contribution in [3.8, 4) is 6.07 Å². The summed E-state index contributed by atoms with van der Waals surface area (Å²) >= 11 is 0. The minimum absolute atomic E-state index is 0.199. The number of hydrogen-bond donors (Lipinski definition) is 0. The highest BCUT2D eigenvalue weighted by Crippen LogP contribution is 2.15. The van der Waals surface area contributed by atoms with E-state index < -0.39 is 0 Å². The second kappa shape index (κ2) is 2.74. The first-order valence-corrected chi connectivity index (χ1v) is 2.71. The second-order valence-electron chi connectivity index (χ2n) is 1.72. The molecule has 1 aromatic rings. The monoisotopic (exact) mass is 132 g/mol. The van der Waals surface area contributed by atoms with Crippen LogP contribution in [0.3, 0.4) is 0 Å². The summed E-state index contributed by atoms with van der Waals surface area (Å²) in [6.45, 7) is 0. The molecular formula is C7H4N2O. The fourth-order valence-electron chi connectivity index (χ4n) is 0.648. The molecule has 0 atom stereocenters. The molecule has 0 radical (unpaired) electrons. The fraction of sp³-hybridized carbons (Fsp3) is 0.